The number of aryl methyl sites for hydroxylation is 1. The van der Waals surface area contributed by atoms with E-state index in [0.29, 0.717) is 12.1 Å². The van der Waals surface area contributed by atoms with Gasteiger partial charge in [-0.3, -0.25) is 4.57 Å². The van der Waals surface area contributed by atoms with Crippen molar-refractivity contribution in [2.45, 2.75) is 77.0 Å². The van der Waals surface area contributed by atoms with Crippen molar-refractivity contribution >= 4 is 27.2 Å². The molecule has 0 N–H and O–H groups in total. The van der Waals surface area contributed by atoms with Crippen LogP contribution in [0.5, 0.6) is 0 Å². The number of halogens is 1. The molecular formula is C22H32BrN3O2. The molecule has 1 aromatic heterocycles. The second kappa shape index (κ2) is 8.72. The molecule has 1 aromatic carbocycles. The number of fused-ring (bicyclic) bond motifs is 1. The molecule has 6 heteroatoms. The van der Waals surface area contributed by atoms with Crippen molar-refractivity contribution in [3.05, 3.63) is 34.2 Å². The fraction of sp³-hybridized carbons (Fsp3) is 0.682. The van der Waals surface area contributed by atoms with Crippen molar-refractivity contribution in [2.75, 3.05) is 19.7 Å². The van der Waals surface area contributed by atoms with Crippen molar-refractivity contribution in [2.24, 2.45) is 0 Å². The zero-order chi connectivity index (χ0) is 19.7. The van der Waals surface area contributed by atoms with Crippen molar-refractivity contribution in [3.63, 3.8) is 0 Å². The molecule has 154 valence electrons. The zero-order valence-electron chi connectivity index (χ0n) is 17.1. The number of benzene rings is 1. The molecular weight excluding hydrogens is 418 g/mol. The summed E-state index contributed by atoms with van der Waals surface area (Å²) in [6, 6.07) is 7.21. The molecule has 1 aliphatic heterocycles. The Kier molecular flexibility index (Phi) is 6.28. The predicted molar refractivity (Wildman–Crippen MR) is 117 cm³/mol. The summed E-state index contributed by atoms with van der Waals surface area (Å²) in [5.41, 5.74) is 3.25. The average Bonchev–Trinajstić information content (AvgIpc) is 2.96. The number of piperidine rings is 1. The Morgan fingerprint density at radius 1 is 1.04 bits per heavy atom. The van der Waals surface area contributed by atoms with Crippen LogP contribution in [0.2, 0.25) is 0 Å². The van der Waals surface area contributed by atoms with Gasteiger partial charge in [0.25, 0.3) is 0 Å². The number of hydrogen-bond acceptors (Lipinski definition) is 3. The number of likely N-dealkylation sites (tertiary alicyclic amines) is 1. The zero-order valence-corrected chi connectivity index (χ0v) is 18.7. The lowest BCUT2D eigenvalue weighted by atomic mass is 9.90. The third-order valence-electron chi connectivity index (χ3n) is 6.56. The van der Waals surface area contributed by atoms with E-state index >= 15 is 0 Å². The summed E-state index contributed by atoms with van der Waals surface area (Å²) >= 11 is 3.45. The highest BCUT2D eigenvalue weighted by Crippen LogP contribution is 2.31. The Morgan fingerprint density at radius 2 is 1.75 bits per heavy atom. The molecule has 2 aromatic rings. The highest BCUT2D eigenvalue weighted by atomic mass is 79.9. The summed E-state index contributed by atoms with van der Waals surface area (Å²) in [6.45, 7) is 7.33. The van der Waals surface area contributed by atoms with Crippen LogP contribution in [0.15, 0.2) is 23.0 Å². The minimum atomic E-state index is 0.0487. The van der Waals surface area contributed by atoms with E-state index in [0.717, 1.165) is 50.0 Å². The normalized spacial score (nSPS) is 24.8. The van der Waals surface area contributed by atoms with Gasteiger partial charge in [0.1, 0.15) is 0 Å². The van der Waals surface area contributed by atoms with Crippen molar-refractivity contribution < 1.29 is 4.74 Å². The summed E-state index contributed by atoms with van der Waals surface area (Å²) in [5.74, 6) is 0. The van der Waals surface area contributed by atoms with Crippen LogP contribution >= 0.6 is 16.1 Å². The first kappa shape index (κ1) is 20.2. The molecule has 0 spiro atoms. The van der Waals surface area contributed by atoms with Gasteiger partial charge in [-0.2, -0.15) is 0 Å². The lowest BCUT2D eigenvalue weighted by Crippen LogP contribution is -2.45. The summed E-state index contributed by atoms with van der Waals surface area (Å²) in [6.07, 6.45) is 8.56. The monoisotopic (exact) mass is 449 g/mol. The van der Waals surface area contributed by atoms with E-state index in [-0.39, 0.29) is 11.7 Å². The van der Waals surface area contributed by atoms with Gasteiger partial charge in [-0.15, -0.1) is 0 Å². The lowest BCUT2D eigenvalue weighted by Gasteiger charge is -2.41. The molecule has 0 atom stereocenters. The molecule has 0 radical (unpaired) electrons. The Balaban J connectivity index is 1.40. The first-order chi connectivity index (χ1) is 13.6. The SMILES string of the molecule is CCCOC1CCC(N2CCC(n3c(=O)n(Br)c4ccc(C)cc43)CC2)CC1. The standard InChI is InChI=1S/C22H32BrN3O2/c1-3-14-28-19-7-5-17(6-8-19)24-12-10-18(11-13-24)25-21-15-16(2)4-9-20(21)26(23)22(25)27/h4,9,15,17-19H,3,5-8,10-14H2,1-2H3. The molecule has 0 unspecified atom stereocenters. The number of aromatic nitrogens is 2. The number of ether oxygens (including phenoxy) is 1. The molecule has 1 saturated heterocycles. The largest absolute Gasteiger partial charge is 0.378 e. The van der Waals surface area contributed by atoms with Gasteiger partial charge in [-0.1, -0.05) is 13.0 Å². The number of rotatable bonds is 5. The van der Waals surface area contributed by atoms with Crippen LogP contribution in [-0.4, -0.2) is 44.9 Å². The van der Waals surface area contributed by atoms with Crippen LogP contribution in [0.1, 0.15) is 63.5 Å². The van der Waals surface area contributed by atoms with Crippen molar-refractivity contribution in [3.8, 4) is 0 Å². The summed E-state index contributed by atoms with van der Waals surface area (Å²) in [5, 5.41) is 0. The lowest BCUT2D eigenvalue weighted by molar-refractivity contribution is 0.00254. The Bertz CT molecular complexity index is 859. The number of nitrogens with zero attached hydrogens (tertiary/aromatic N) is 3. The number of hydrogen-bond donors (Lipinski definition) is 0. The minimum absolute atomic E-state index is 0.0487. The van der Waals surface area contributed by atoms with E-state index in [1.807, 2.05) is 10.6 Å². The van der Waals surface area contributed by atoms with Crippen molar-refractivity contribution in [1.29, 1.82) is 0 Å². The number of imidazole rings is 1. The van der Waals surface area contributed by atoms with E-state index < -0.39 is 0 Å². The van der Waals surface area contributed by atoms with Gasteiger partial charge >= 0.3 is 5.69 Å². The minimum Gasteiger partial charge on any atom is -0.378 e. The third kappa shape index (κ3) is 3.96. The van der Waals surface area contributed by atoms with Crippen LogP contribution in [0.4, 0.5) is 0 Å². The first-order valence-electron chi connectivity index (χ1n) is 10.8. The molecule has 2 fully saturated rings. The van der Waals surface area contributed by atoms with Gasteiger partial charge in [0.05, 0.1) is 33.3 Å². The molecule has 4 rings (SSSR count). The fourth-order valence-electron chi connectivity index (χ4n) is 5.02. The van der Waals surface area contributed by atoms with E-state index in [9.17, 15) is 4.79 Å². The molecule has 1 saturated carbocycles. The molecule has 28 heavy (non-hydrogen) atoms. The molecule has 0 amide bonds. The maximum Gasteiger partial charge on any atom is 0.339 e. The maximum atomic E-state index is 12.9. The second-order valence-electron chi connectivity index (χ2n) is 8.49. The van der Waals surface area contributed by atoms with Crippen LogP contribution in [0.25, 0.3) is 11.0 Å². The summed E-state index contributed by atoms with van der Waals surface area (Å²) in [4.78, 5) is 15.5. The topological polar surface area (TPSA) is 39.4 Å². The maximum absolute atomic E-state index is 12.9. The quantitative estimate of drug-likeness (QED) is 0.666. The van der Waals surface area contributed by atoms with E-state index in [1.165, 1.54) is 31.2 Å². The third-order valence-corrected chi connectivity index (χ3v) is 7.24. The van der Waals surface area contributed by atoms with E-state index in [2.05, 4.69) is 47.0 Å². The van der Waals surface area contributed by atoms with Crippen LogP contribution in [0, 0.1) is 6.92 Å². The smallest absolute Gasteiger partial charge is 0.339 e. The Hall–Kier alpha value is -1.11. The molecule has 2 heterocycles. The predicted octanol–water partition coefficient (Wildman–Crippen LogP) is 4.64. The Morgan fingerprint density at radius 3 is 2.43 bits per heavy atom. The first-order valence-corrected chi connectivity index (χ1v) is 11.5. The van der Waals surface area contributed by atoms with Crippen LogP contribution in [0.3, 0.4) is 0 Å². The van der Waals surface area contributed by atoms with Gasteiger partial charge in [0.2, 0.25) is 0 Å². The Labute approximate surface area is 176 Å². The second-order valence-corrected chi connectivity index (χ2v) is 9.20. The average molecular weight is 450 g/mol. The highest BCUT2D eigenvalue weighted by molar-refractivity contribution is 9.08. The van der Waals surface area contributed by atoms with Crippen LogP contribution in [-0.2, 0) is 4.74 Å². The van der Waals surface area contributed by atoms with E-state index in [1.54, 1.807) is 3.59 Å². The molecule has 0 bridgehead atoms. The van der Waals surface area contributed by atoms with Crippen molar-refractivity contribution in [1.82, 2.24) is 13.1 Å². The summed E-state index contributed by atoms with van der Waals surface area (Å²) < 4.78 is 9.58. The summed E-state index contributed by atoms with van der Waals surface area (Å²) in [7, 11) is 0. The van der Waals surface area contributed by atoms with Gasteiger partial charge in [0, 0.05) is 31.8 Å². The van der Waals surface area contributed by atoms with E-state index in [4.69, 9.17) is 4.74 Å². The molecule has 5 nitrogen and oxygen atoms in total. The van der Waals surface area contributed by atoms with Gasteiger partial charge in [-0.25, -0.2) is 8.39 Å². The van der Waals surface area contributed by atoms with Gasteiger partial charge < -0.3 is 9.64 Å². The van der Waals surface area contributed by atoms with Gasteiger partial charge in [-0.05, 0) is 69.6 Å². The molecule has 1 aliphatic carbocycles. The van der Waals surface area contributed by atoms with Gasteiger partial charge in [0.15, 0.2) is 0 Å². The fourth-order valence-corrected chi connectivity index (χ4v) is 5.49. The highest BCUT2D eigenvalue weighted by Gasteiger charge is 2.31. The van der Waals surface area contributed by atoms with Crippen LogP contribution < -0.4 is 5.69 Å². The molecule has 2 aliphatic rings.